The van der Waals surface area contributed by atoms with Gasteiger partial charge in [0.25, 0.3) is 11.6 Å². The molecule has 1 aromatic carbocycles. The summed E-state index contributed by atoms with van der Waals surface area (Å²) in [6.07, 6.45) is 0.770. The third kappa shape index (κ3) is 3.17. The summed E-state index contributed by atoms with van der Waals surface area (Å²) < 4.78 is 0. The molecule has 0 aliphatic heterocycles. The molecule has 98 valence electrons. The highest BCUT2D eigenvalue weighted by molar-refractivity contribution is 6.00. The number of non-ortho nitro benzene ring substituents is 1. The number of carbonyl (C=O) groups excluding carboxylic acids is 1. The first kappa shape index (κ1) is 13.9. The molecule has 18 heavy (non-hydrogen) atoms. The largest absolute Gasteiger partial charge is 0.350 e. The van der Waals surface area contributed by atoms with E-state index in [1.165, 1.54) is 18.2 Å². The van der Waals surface area contributed by atoms with Crippen molar-refractivity contribution >= 4 is 17.3 Å². The van der Waals surface area contributed by atoms with Crippen molar-refractivity contribution in [3.63, 3.8) is 0 Å². The molecule has 7 nitrogen and oxygen atoms in total. The Morgan fingerprint density at radius 2 is 2.22 bits per heavy atom. The zero-order valence-electron chi connectivity index (χ0n) is 10.3. The standard InChI is InChI=1S/C11H16N4O3/c1-3-7(2)13-11(16)9-6-8(15(17)18)4-5-10(9)14-12/h4-7,14H,3,12H2,1-2H3,(H,13,16). The Bertz CT molecular complexity index is 462. The van der Waals surface area contributed by atoms with E-state index in [4.69, 9.17) is 5.84 Å². The highest BCUT2D eigenvalue weighted by Gasteiger charge is 2.17. The lowest BCUT2D eigenvalue weighted by Crippen LogP contribution is -2.32. The highest BCUT2D eigenvalue weighted by Crippen LogP contribution is 2.21. The summed E-state index contributed by atoms with van der Waals surface area (Å²) in [6, 6.07) is 3.88. The summed E-state index contributed by atoms with van der Waals surface area (Å²) in [6.45, 7) is 3.78. The number of hydrogen-bond donors (Lipinski definition) is 3. The number of nitrogens with two attached hydrogens (primary N) is 1. The van der Waals surface area contributed by atoms with Crippen molar-refractivity contribution in [1.29, 1.82) is 0 Å². The summed E-state index contributed by atoms with van der Waals surface area (Å²) in [5.41, 5.74) is 2.71. The molecular weight excluding hydrogens is 236 g/mol. The van der Waals surface area contributed by atoms with E-state index in [1.807, 2.05) is 13.8 Å². The van der Waals surface area contributed by atoms with Crippen LogP contribution in [0.5, 0.6) is 0 Å². The second-order valence-corrected chi connectivity index (χ2v) is 3.91. The van der Waals surface area contributed by atoms with Gasteiger partial charge in [0, 0.05) is 18.2 Å². The lowest BCUT2D eigenvalue weighted by molar-refractivity contribution is -0.384. The van der Waals surface area contributed by atoms with Gasteiger partial charge in [-0.15, -0.1) is 0 Å². The molecule has 1 rings (SSSR count). The minimum atomic E-state index is -0.555. The smallest absolute Gasteiger partial charge is 0.270 e. The SMILES string of the molecule is CCC(C)NC(=O)c1cc([N+](=O)[O-])ccc1NN. The van der Waals surface area contributed by atoms with Gasteiger partial charge in [-0.05, 0) is 19.4 Å². The number of hydrazine groups is 1. The Morgan fingerprint density at radius 1 is 1.56 bits per heavy atom. The van der Waals surface area contributed by atoms with E-state index < -0.39 is 4.92 Å². The fourth-order valence-electron chi connectivity index (χ4n) is 1.36. The van der Waals surface area contributed by atoms with Gasteiger partial charge in [-0.1, -0.05) is 6.92 Å². The van der Waals surface area contributed by atoms with E-state index >= 15 is 0 Å². The number of benzene rings is 1. The van der Waals surface area contributed by atoms with Crippen LogP contribution in [0.4, 0.5) is 11.4 Å². The zero-order valence-corrected chi connectivity index (χ0v) is 10.3. The average Bonchev–Trinajstić information content (AvgIpc) is 2.37. The Balaban J connectivity index is 3.07. The topological polar surface area (TPSA) is 110 Å². The molecule has 0 saturated heterocycles. The second kappa shape index (κ2) is 5.97. The van der Waals surface area contributed by atoms with E-state index in [1.54, 1.807) is 0 Å². The fraction of sp³-hybridized carbons (Fsp3) is 0.364. The summed E-state index contributed by atoms with van der Waals surface area (Å²) >= 11 is 0. The number of nitrogen functional groups attached to an aromatic ring is 1. The Hall–Kier alpha value is -2.15. The fourth-order valence-corrected chi connectivity index (χ4v) is 1.36. The predicted octanol–water partition coefficient (Wildman–Crippen LogP) is 1.41. The van der Waals surface area contributed by atoms with Crippen molar-refractivity contribution in [3.8, 4) is 0 Å². The molecular formula is C11H16N4O3. The predicted molar refractivity (Wildman–Crippen MR) is 68.1 cm³/mol. The normalized spacial score (nSPS) is 11.7. The van der Waals surface area contributed by atoms with Crippen molar-refractivity contribution < 1.29 is 9.72 Å². The van der Waals surface area contributed by atoms with Crippen LogP contribution in [0.25, 0.3) is 0 Å². The monoisotopic (exact) mass is 252 g/mol. The first-order valence-electron chi connectivity index (χ1n) is 5.55. The molecule has 0 spiro atoms. The van der Waals surface area contributed by atoms with Crippen LogP contribution in [-0.2, 0) is 0 Å². The molecule has 0 bridgehead atoms. The maximum Gasteiger partial charge on any atom is 0.270 e. The van der Waals surface area contributed by atoms with Gasteiger partial charge in [-0.25, -0.2) is 0 Å². The molecule has 1 atom stereocenters. The van der Waals surface area contributed by atoms with E-state index in [0.29, 0.717) is 5.69 Å². The van der Waals surface area contributed by atoms with E-state index in [2.05, 4.69) is 10.7 Å². The van der Waals surface area contributed by atoms with Gasteiger partial charge in [0.1, 0.15) is 0 Å². The quantitative estimate of drug-likeness (QED) is 0.417. The van der Waals surface area contributed by atoms with Crippen LogP contribution in [0.2, 0.25) is 0 Å². The molecule has 1 unspecified atom stereocenters. The van der Waals surface area contributed by atoms with E-state index in [-0.39, 0.29) is 23.2 Å². The van der Waals surface area contributed by atoms with Crippen molar-refractivity contribution in [2.24, 2.45) is 5.84 Å². The van der Waals surface area contributed by atoms with E-state index in [0.717, 1.165) is 6.42 Å². The maximum absolute atomic E-state index is 11.9. The van der Waals surface area contributed by atoms with Gasteiger partial charge in [-0.3, -0.25) is 20.8 Å². The molecule has 1 aromatic rings. The number of nitro benzene ring substituents is 1. The summed E-state index contributed by atoms with van der Waals surface area (Å²) in [4.78, 5) is 22.1. The summed E-state index contributed by atoms with van der Waals surface area (Å²) in [5.74, 6) is 4.89. The molecule has 0 saturated carbocycles. The molecule has 1 amide bonds. The van der Waals surface area contributed by atoms with Crippen LogP contribution in [-0.4, -0.2) is 16.9 Å². The molecule has 0 heterocycles. The number of rotatable bonds is 5. The lowest BCUT2D eigenvalue weighted by atomic mass is 10.1. The van der Waals surface area contributed by atoms with Gasteiger partial charge < -0.3 is 10.7 Å². The van der Waals surface area contributed by atoms with Crippen LogP contribution in [0.1, 0.15) is 30.6 Å². The molecule has 0 fully saturated rings. The first-order valence-corrected chi connectivity index (χ1v) is 5.55. The van der Waals surface area contributed by atoms with Crippen molar-refractivity contribution in [1.82, 2.24) is 5.32 Å². The van der Waals surface area contributed by atoms with Gasteiger partial charge >= 0.3 is 0 Å². The Morgan fingerprint density at radius 3 is 2.72 bits per heavy atom. The van der Waals surface area contributed by atoms with Gasteiger partial charge in [0.2, 0.25) is 0 Å². The molecule has 7 heteroatoms. The van der Waals surface area contributed by atoms with Crippen LogP contribution < -0.4 is 16.6 Å². The van der Waals surface area contributed by atoms with Crippen LogP contribution in [0.15, 0.2) is 18.2 Å². The highest BCUT2D eigenvalue weighted by atomic mass is 16.6. The first-order chi connectivity index (χ1) is 8.49. The summed E-state index contributed by atoms with van der Waals surface area (Å²) in [5, 5.41) is 13.4. The summed E-state index contributed by atoms with van der Waals surface area (Å²) in [7, 11) is 0. The number of nitrogens with zero attached hydrogens (tertiary/aromatic N) is 1. The number of hydrogen-bond acceptors (Lipinski definition) is 5. The number of nitro groups is 1. The number of nitrogens with one attached hydrogen (secondary N) is 2. The number of amides is 1. The zero-order chi connectivity index (χ0) is 13.7. The van der Waals surface area contributed by atoms with Crippen LogP contribution >= 0.6 is 0 Å². The third-order valence-electron chi connectivity index (χ3n) is 2.60. The Kier molecular flexibility index (Phi) is 4.61. The molecule has 0 aliphatic carbocycles. The molecule has 4 N–H and O–H groups in total. The van der Waals surface area contributed by atoms with Crippen LogP contribution in [0, 0.1) is 10.1 Å². The van der Waals surface area contributed by atoms with Crippen molar-refractivity contribution in [2.75, 3.05) is 5.43 Å². The number of carbonyl (C=O) groups is 1. The van der Waals surface area contributed by atoms with Crippen molar-refractivity contribution in [2.45, 2.75) is 26.3 Å². The van der Waals surface area contributed by atoms with Gasteiger partial charge in [-0.2, -0.15) is 0 Å². The molecule has 0 radical (unpaired) electrons. The van der Waals surface area contributed by atoms with Gasteiger partial charge in [0.15, 0.2) is 0 Å². The molecule has 0 aromatic heterocycles. The average molecular weight is 252 g/mol. The maximum atomic E-state index is 11.9. The minimum absolute atomic E-state index is 0.0117. The molecule has 0 aliphatic rings. The Labute approximate surface area is 104 Å². The third-order valence-corrected chi connectivity index (χ3v) is 2.60. The van der Waals surface area contributed by atoms with Crippen LogP contribution in [0.3, 0.4) is 0 Å². The lowest BCUT2D eigenvalue weighted by Gasteiger charge is -2.13. The number of anilines is 1. The van der Waals surface area contributed by atoms with Crippen molar-refractivity contribution in [3.05, 3.63) is 33.9 Å². The van der Waals surface area contributed by atoms with E-state index in [9.17, 15) is 14.9 Å². The second-order valence-electron chi connectivity index (χ2n) is 3.91. The minimum Gasteiger partial charge on any atom is -0.350 e. The van der Waals surface area contributed by atoms with Gasteiger partial charge in [0.05, 0.1) is 16.2 Å².